The zero-order valence-electron chi connectivity index (χ0n) is 14.4. The lowest BCUT2D eigenvalue weighted by Gasteiger charge is -2.30. The van der Waals surface area contributed by atoms with E-state index in [1.54, 1.807) is 0 Å². The Kier molecular flexibility index (Phi) is 6.30. The number of nitrogens with one attached hydrogen (secondary N) is 1. The molecule has 3 heteroatoms. The zero-order valence-corrected chi connectivity index (χ0v) is 14.4. The summed E-state index contributed by atoms with van der Waals surface area (Å²) in [5.41, 5.74) is 0.706. The van der Waals surface area contributed by atoms with Crippen LogP contribution in [0.4, 0.5) is 5.69 Å². The molecule has 0 saturated carbocycles. The second-order valence-corrected chi connectivity index (χ2v) is 6.09. The maximum Gasteiger partial charge on any atom is 0.238 e. The van der Waals surface area contributed by atoms with Gasteiger partial charge in [-0.3, -0.25) is 9.59 Å². The lowest BCUT2D eigenvalue weighted by Crippen LogP contribution is -2.44. The molecule has 1 atom stereocenters. The maximum atomic E-state index is 13.1. The Morgan fingerprint density at radius 2 is 1.50 bits per heavy atom. The van der Waals surface area contributed by atoms with E-state index in [0.717, 1.165) is 17.7 Å². The molecule has 24 heavy (non-hydrogen) atoms. The summed E-state index contributed by atoms with van der Waals surface area (Å²) in [6, 6.07) is 19.1. The number of rotatable bonds is 8. The van der Waals surface area contributed by atoms with E-state index in [0.29, 0.717) is 19.3 Å². The number of para-hydroxylation sites is 1. The molecule has 0 fully saturated rings. The van der Waals surface area contributed by atoms with E-state index in [1.165, 1.54) is 0 Å². The molecular formula is C21H25NO2. The molecular weight excluding hydrogens is 298 g/mol. The van der Waals surface area contributed by atoms with Gasteiger partial charge in [-0.1, -0.05) is 62.4 Å². The fraction of sp³-hybridized carbons (Fsp3) is 0.333. The number of ketones is 1. The molecule has 1 unspecified atom stereocenters. The summed E-state index contributed by atoms with van der Waals surface area (Å²) in [5, 5.41) is 2.93. The largest absolute Gasteiger partial charge is 0.325 e. The van der Waals surface area contributed by atoms with Crippen LogP contribution in [-0.4, -0.2) is 11.7 Å². The predicted octanol–water partition coefficient (Wildman–Crippen LogP) is 4.63. The lowest BCUT2D eigenvalue weighted by molar-refractivity contribution is -0.139. The van der Waals surface area contributed by atoms with Gasteiger partial charge in [0.1, 0.15) is 11.2 Å². The van der Waals surface area contributed by atoms with Crippen molar-refractivity contribution < 1.29 is 9.59 Å². The molecule has 2 aromatic rings. The molecule has 1 amide bonds. The number of hydrogen-bond acceptors (Lipinski definition) is 2. The highest BCUT2D eigenvalue weighted by atomic mass is 16.2. The fourth-order valence-electron chi connectivity index (χ4n) is 2.97. The number of carbonyl (C=O) groups is 2. The van der Waals surface area contributed by atoms with Crippen LogP contribution in [-0.2, 0) is 16.0 Å². The number of anilines is 1. The smallest absolute Gasteiger partial charge is 0.238 e. The highest BCUT2D eigenvalue weighted by molar-refractivity contribution is 6.11. The highest BCUT2D eigenvalue weighted by Gasteiger charge is 2.43. The van der Waals surface area contributed by atoms with E-state index >= 15 is 0 Å². The van der Waals surface area contributed by atoms with E-state index < -0.39 is 5.41 Å². The van der Waals surface area contributed by atoms with Crippen molar-refractivity contribution in [2.75, 3.05) is 5.32 Å². The average molecular weight is 323 g/mol. The Morgan fingerprint density at radius 1 is 0.917 bits per heavy atom. The van der Waals surface area contributed by atoms with Gasteiger partial charge in [0.15, 0.2) is 0 Å². The number of amides is 1. The van der Waals surface area contributed by atoms with Gasteiger partial charge in [-0.05, 0) is 37.0 Å². The van der Waals surface area contributed by atoms with Gasteiger partial charge in [0.2, 0.25) is 5.91 Å². The zero-order chi connectivity index (χ0) is 17.4. The maximum absolute atomic E-state index is 13.1. The Bertz CT molecular complexity index is 667. The van der Waals surface area contributed by atoms with Crippen molar-refractivity contribution in [1.29, 1.82) is 0 Å². The van der Waals surface area contributed by atoms with Crippen molar-refractivity contribution in [1.82, 2.24) is 0 Å². The number of carbonyl (C=O) groups excluding carboxylic acids is 2. The number of benzene rings is 2. The monoisotopic (exact) mass is 323 g/mol. The molecule has 0 saturated heterocycles. The topological polar surface area (TPSA) is 46.2 Å². The molecule has 0 aliphatic carbocycles. The van der Waals surface area contributed by atoms with Crippen LogP contribution in [0.1, 0.15) is 38.7 Å². The van der Waals surface area contributed by atoms with E-state index in [4.69, 9.17) is 0 Å². The summed E-state index contributed by atoms with van der Waals surface area (Å²) >= 11 is 0. The normalized spacial score (nSPS) is 13.1. The second kappa shape index (κ2) is 8.44. The molecule has 0 bridgehead atoms. The molecule has 2 aromatic carbocycles. The first kappa shape index (κ1) is 17.9. The van der Waals surface area contributed by atoms with Crippen molar-refractivity contribution in [2.45, 2.75) is 39.5 Å². The van der Waals surface area contributed by atoms with Crippen molar-refractivity contribution in [3.8, 4) is 0 Å². The van der Waals surface area contributed by atoms with Crippen molar-refractivity contribution >= 4 is 17.4 Å². The summed E-state index contributed by atoms with van der Waals surface area (Å²) in [5.74, 6) is -0.191. The molecule has 2 rings (SSSR count). The van der Waals surface area contributed by atoms with Gasteiger partial charge < -0.3 is 5.32 Å². The van der Waals surface area contributed by atoms with Crippen molar-refractivity contribution in [3.05, 3.63) is 66.2 Å². The number of Topliss-reactive ketones (excluding diaryl/α,β-unsaturated/α-hetero) is 1. The second-order valence-electron chi connectivity index (χ2n) is 6.09. The number of hydrogen-bond donors (Lipinski definition) is 1. The van der Waals surface area contributed by atoms with E-state index in [9.17, 15) is 9.59 Å². The van der Waals surface area contributed by atoms with Crippen LogP contribution < -0.4 is 5.32 Å². The molecule has 0 aromatic heterocycles. The standard InChI is InChI=1S/C21H25NO2/c1-3-11-19(23)21(4-2,16-17-12-7-5-8-13-17)20(24)22-18-14-9-6-10-15-18/h5-10,12-15H,3-4,11,16H2,1-2H3,(H,22,24). The summed E-state index contributed by atoms with van der Waals surface area (Å²) in [4.78, 5) is 25.9. The van der Waals surface area contributed by atoms with Gasteiger partial charge in [-0.2, -0.15) is 0 Å². The minimum atomic E-state index is -1.02. The first-order chi connectivity index (χ1) is 11.6. The average Bonchev–Trinajstić information content (AvgIpc) is 2.61. The first-order valence-corrected chi connectivity index (χ1v) is 8.56. The van der Waals surface area contributed by atoms with Gasteiger partial charge in [-0.15, -0.1) is 0 Å². The summed E-state index contributed by atoms with van der Waals surface area (Å²) < 4.78 is 0. The van der Waals surface area contributed by atoms with E-state index in [1.807, 2.05) is 74.5 Å². The van der Waals surface area contributed by atoms with Crippen LogP contribution >= 0.6 is 0 Å². The SMILES string of the molecule is CCCC(=O)C(CC)(Cc1ccccc1)C(=O)Nc1ccccc1. The van der Waals surface area contributed by atoms with Crippen LogP contribution in [0.3, 0.4) is 0 Å². The minimum Gasteiger partial charge on any atom is -0.325 e. The Hall–Kier alpha value is -2.42. The molecule has 0 heterocycles. The van der Waals surface area contributed by atoms with Gasteiger partial charge >= 0.3 is 0 Å². The lowest BCUT2D eigenvalue weighted by atomic mass is 9.73. The Morgan fingerprint density at radius 3 is 2.04 bits per heavy atom. The third-order valence-corrected chi connectivity index (χ3v) is 4.43. The van der Waals surface area contributed by atoms with Crippen LogP contribution in [0.25, 0.3) is 0 Å². The Balaban J connectivity index is 2.33. The van der Waals surface area contributed by atoms with E-state index in [-0.39, 0.29) is 11.7 Å². The highest BCUT2D eigenvalue weighted by Crippen LogP contribution is 2.32. The van der Waals surface area contributed by atoms with Crippen molar-refractivity contribution in [2.24, 2.45) is 5.41 Å². The first-order valence-electron chi connectivity index (χ1n) is 8.56. The predicted molar refractivity (Wildman–Crippen MR) is 97.9 cm³/mol. The minimum absolute atomic E-state index is 0.0183. The molecule has 1 N–H and O–H groups in total. The summed E-state index contributed by atoms with van der Waals surface area (Å²) in [6.45, 7) is 3.89. The summed E-state index contributed by atoms with van der Waals surface area (Å²) in [7, 11) is 0. The van der Waals surface area contributed by atoms with Gasteiger partial charge in [0, 0.05) is 12.1 Å². The summed E-state index contributed by atoms with van der Waals surface area (Å²) in [6.07, 6.45) is 2.08. The molecule has 0 aliphatic rings. The van der Waals surface area contributed by atoms with E-state index in [2.05, 4.69) is 5.32 Å². The molecule has 0 aliphatic heterocycles. The molecule has 0 radical (unpaired) electrons. The Labute approximate surface area is 144 Å². The van der Waals surface area contributed by atoms with Crippen molar-refractivity contribution in [3.63, 3.8) is 0 Å². The van der Waals surface area contributed by atoms with Crippen LogP contribution in [0.2, 0.25) is 0 Å². The quantitative estimate of drug-likeness (QED) is 0.720. The third-order valence-electron chi connectivity index (χ3n) is 4.43. The van der Waals surface area contributed by atoms with Crippen LogP contribution in [0, 0.1) is 5.41 Å². The van der Waals surface area contributed by atoms with Gasteiger partial charge in [0.25, 0.3) is 0 Å². The van der Waals surface area contributed by atoms with Gasteiger partial charge in [-0.25, -0.2) is 0 Å². The molecule has 3 nitrogen and oxygen atoms in total. The molecule has 126 valence electrons. The van der Waals surface area contributed by atoms with Crippen LogP contribution in [0.5, 0.6) is 0 Å². The van der Waals surface area contributed by atoms with Crippen LogP contribution in [0.15, 0.2) is 60.7 Å². The third kappa shape index (κ3) is 4.10. The fourth-order valence-corrected chi connectivity index (χ4v) is 2.97. The molecule has 0 spiro atoms. The van der Waals surface area contributed by atoms with Gasteiger partial charge in [0.05, 0.1) is 0 Å².